The Hall–Kier alpha value is -1.92. The number of benzene rings is 1. The van der Waals surface area contributed by atoms with E-state index in [2.05, 4.69) is 5.32 Å². The number of carbonyl (C=O) groups excluding carboxylic acids is 2. The van der Waals surface area contributed by atoms with Gasteiger partial charge < -0.3 is 19.7 Å². The van der Waals surface area contributed by atoms with Gasteiger partial charge >= 0.3 is 0 Å². The van der Waals surface area contributed by atoms with Crippen molar-refractivity contribution in [3.63, 3.8) is 0 Å². The first kappa shape index (κ1) is 20.4. The Labute approximate surface area is 155 Å². The standard InChI is InChI=1S/C20H30N2O4/c1-14(2)22-16(23)11-26-18(17(22)15-9-7-6-8-10-15)19(24)21-12-20(3,4)13-25-5/h6-10,14,17-18H,11-13H2,1-5H3,(H,21,24)/t17-,18+/m1/s1. The van der Waals surface area contributed by atoms with Crippen LogP contribution in [0.3, 0.4) is 0 Å². The summed E-state index contributed by atoms with van der Waals surface area (Å²) in [7, 11) is 1.64. The lowest BCUT2D eigenvalue weighted by Crippen LogP contribution is -2.57. The van der Waals surface area contributed by atoms with Gasteiger partial charge in [0.1, 0.15) is 6.61 Å². The first-order chi connectivity index (χ1) is 12.3. The van der Waals surface area contributed by atoms with E-state index in [0.717, 1.165) is 5.56 Å². The van der Waals surface area contributed by atoms with E-state index in [-0.39, 0.29) is 29.9 Å². The molecule has 6 heteroatoms. The normalized spacial score (nSPS) is 21.2. The van der Waals surface area contributed by atoms with Crippen LogP contribution in [-0.4, -0.2) is 55.7 Å². The van der Waals surface area contributed by atoms with Gasteiger partial charge in [-0.3, -0.25) is 9.59 Å². The van der Waals surface area contributed by atoms with E-state index in [9.17, 15) is 9.59 Å². The lowest BCUT2D eigenvalue weighted by molar-refractivity contribution is -0.167. The van der Waals surface area contributed by atoms with Crippen molar-refractivity contribution in [1.82, 2.24) is 10.2 Å². The summed E-state index contributed by atoms with van der Waals surface area (Å²) in [5, 5.41) is 2.97. The molecule has 26 heavy (non-hydrogen) atoms. The Kier molecular flexibility index (Phi) is 6.78. The lowest BCUT2D eigenvalue weighted by atomic mass is 9.93. The molecule has 1 N–H and O–H groups in total. The van der Waals surface area contributed by atoms with Crippen molar-refractivity contribution in [3.8, 4) is 0 Å². The van der Waals surface area contributed by atoms with Gasteiger partial charge in [-0.15, -0.1) is 0 Å². The number of hydrogen-bond acceptors (Lipinski definition) is 4. The van der Waals surface area contributed by atoms with Crippen molar-refractivity contribution in [3.05, 3.63) is 35.9 Å². The van der Waals surface area contributed by atoms with E-state index in [1.54, 1.807) is 12.0 Å². The molecule has 1 aliphatic heterocycles. The highest BCUT2D eigenvalue weighted by atomic mass is 16.5. The van der Waals surface area contributed by atoms with Crippen LogP contribution in [0.4, 0.5) is 0 Å². The number of nitrogens with one attached hydrogen (secondary N) is 1. The van der Waals surface area contributed by atoms with E-state index >= 15 is 0 Å². The minimum atomic E-state index is -0.740. The summed E-state index contributed by atoms with van der Waals surface area (Å²) in [5.74, 6) is -0.307. The third-order valence-electron chi connectivity index (χ3n) is 4.49. The highest BCUT2D eigenvalue weighted by Gasteiger charge is 2.42. The molecular weight excluding hydrogens is 332 g/mol. The smallest absolute Gasteiger partial charge is 0.251 e. The first-order valence-corrected chi connectivity index (χ1v) is 9.01. The Morgan fingerprint density at radius 2 is 2.00 bits per heavy atom. The van der Waals surface area contributed by atoms with Crippen molar-refractivity contribution < 1.29 is 19.1 Å². The van der Waals surface area contributed by atoms with Gasteiger partial charge in [-0.25, -0.2) is 0 Å². The molecule has 1 saturated heterocycles. The monoisotopic (exact) mass is 362 g/mol. The number of amides is 2. The van der Waals surface area contributed by atoms with Crippen LogP contribution in [0.25, 0.3) is 0 Å². The van der Waals surface area contributed by atoms with E-state index < -0.39 is 12.1 Å². The summed E-state index contributed by atoms with van der Waals surface area (Å²) in [6, 6.07) is 9.11. The Balaban J connectivity index is 2.24. The Bertz CT molecular complexity index is 615. The van der Waals surface area contributed by atoms with Gasteiger partial charge in [-0.05, 0) is 19.4 Å². The third-order valence-corrected chi connectivity index (χ3v) is 4.49. The number of nitrogens with zero attached hydrogens (tertiary/aromatic N) is 1. The van der Waals surface area contributed by atoms with Crippen molar-refractivity contribution in [2.24, 2.45) is 5.41 Å². The lowest BCUT2D eigenvalue weighted by Gasteiger charge is -2.43. The van der Waals surface area contributed by atoms with Crippen LogP contribution in [0.15, 0.2) is 30.3 Å². The van der Waals surface area contributed by atoms with E-state index in [1.165, 1.54) is 0 Å². The maximum absolute atomic E-state index is 12.9. The number of ether oxygens (including phenoxy) is 2. The molecule has 0 unspecified atom stereocenters. The van der Waals surface area contributed by atoms with E-state index in [0.29, 0.717) is 13.2 Å². The number of rotatable bonds is 7. The van der Waals surface area contributed by atoms with Gasteiger partial charge in [0.25, 0.3) is 5.91 Å². The third kappa shape index (κ3) is 4.83. The quantitative estimate of drug-likeness (QED) is 0.807. The number of methoxy groups -OCH3 is 1. The summed E-state index contributed by atoms with van der Waals surface area (Å²) in [5.41, 5.74) is 0.708. The molecule has 0 radical (unpaired) electrons. The van der Waals surface area contributed by atoms with Gasteiger partial charge in [0, 0.05) is 25.1 Å². The number of carbonyl (C=O) groups is 2. The average molecular weight is 362 g/mol. The number of morpholine rings is 1. The molecule has 0 bridgehead atoms. The van der Waals surface area contributed by atoms with Crippen LogP contribution in [-0.2, 0) is 19.1 Å². The highest BCUT2D eigenvalue weighted by Crippen LogP contribution is 2.32. The second-order valence-corrected chi connectivity index (χ2v) is 7.80. The molecule has 1 aliphatic rings. The van der Waals surface area contributed by atoms with Crippen molar-refractivity contribution >= 4 is 11.8 Å². The largest absolute Gasteiger partial charge is 0.384 e. The zero-order valence-electron chi connectivity index (χ0n) is 16.3. The van der Waals surface area contributed by atoms with Gasteiger partial charge in [0.15, 0.2) is 6.10 Å². The maximum Gasteiger partial charge on any atom is 0.251 e. The molecule has 1 heterocycles. The fraction of sp³-hybridized carbons (Fsp3) is 0.600. The van der Waals surface area contributed by atoms with Crippen LogP contribution in [0.2, 0.25) is 0 Å². The van der Waals surface area contributed by atoms with Gasteiger partial charge in [-0.2, -0.15) is 0 Å². The molecule has 0 aromatic heterocycles. The minimum absolute atomic E-state index is 0.0307. The van der Waals surface area contributed by atoms with Gasteiger partial charge in [0.2, 0.25) is 5.91 Å². The van der Waals surface area contributed by atoms with Crippen LogP contribution in [0.1, 0.15) is 39.3 Å². The van der Waals surface area contributed by atoms with Gasteiger partial charge in [0.05, 0.1) is 12.6 Å². The fourth-order valence-corrected chi connectivity index (χ4v) is 3.31. The minimum Gasteiger partial charge on any atom is -0.384 e. The maximum atomic E-state index is 12.9. The second kappa shape index (κ2) is 8.64. The molecule has 1 aromatic carbocycles. The fourth-order valence-electron chi connectivity index (χ4n) is 3.31. The van der Waals surface area contributed by atoms with E-state index in [4.69, 9.17) is 9.47 Å². The van der Waals surface area contributed by atoms with Crippen LogP contribution < -0.4 is 5.32 Å². The predicted octanol–water partition coefficient (Wildman–Crippen LogP) is 2.15. The SMILES string of the molecule is COCC(C)(C)CNC(=O)[C@H]1OCC(=O)N(C(C)C)[C@@H]1c1ccccc1. The topological polar surface area (TPSA) is 67.9 Å². The molecule has 2 rings (SSSR count). The molecule has 0 saturated carbocycles. The predicted molar refractivity (Wildman–Crippen MR) is 99.6 cm³/mol. The molecule has 2 atom stereocenters. The highest BCUT2D eigenvalue weighted by molar-refractivity contribution is 5.86. The van der Waals surface area contributed by atoms with Gasteiger partial charge in [-0.1, -0.05) is 44.2 Å². The summed E-state index contributed by atoms with van der Waals surface area (Å²) >= 11 is 0. The average Bonchev–Trinajstić information content (AvgIpc) is 2.60. The second-order valence-electron chi connectivity index (χ2n) is 7.80. The van der Waals surface area contributed by atoms with E-state index in [1.807, 2.05) is 58.0 Å². The van der Waals surface area contributed by atoms with Crippen molar-refractivity contribution in [1.29, 1.82) is 0 Å². The summed E-state index contributed by atoms with van der Waals surface area (Å²) in [6.45, 7) is 8.88. The summed E-state index contributed by atoms with van der Waals surface area (Å²) in [6.07, 6.45) is -0.740. The van der Waals surface area contributed by atoms with Crippen LogP contribution in [0, 0.1) is 5.41 Å². The number of hydrogen-bond donors (Lipinski definition) is 1. The zero-order chi connectivity index (χ0) is 19.3. The van der Waals surface area contributed by atoms with Crippen LogP contribution in [0.5, 0.6) is 0 Å². The molecule has 1 aromatic rings. The first-order valence-electron chi connectivity index (χ1n) is 9.01. The molecular formula is C20H30N2O4. The Morgan fingerprint density at radius 3 is 2.58 bits per heavy atom. The summed E-state index contributed by atoms with van der Waals surface area (Å²) in [4.78, 5) is 27.1. The van der Waals surface area contributed by atoms with Crippen molar-refractivity contribution in [2.45, 2.75) is 45.9 Å². The molecule has 6 nitrogen and oxygen atoms in total. The molecule has 0 spiro atoms. The van der Waals surface area contributed by atoms with Crippen molar-refractivity contribution in [2.75, 3.05) is 26.9 Å². The summed E-state index contributed by atoms with van der Waals surface area (Å²) < 4.78 is 10.9. The Morgan fingerprint density at radius 1 is 1.35 bits per heavy atom. The zero-order valence-corrected chi connectivity index (χ0v) is 16.3. The molecule has 144 valence electrons. The molecule has 1 fully saturated rings. The molecule has 2 amide bonds. The molecule has 0 aliphatic carbocycles. The van der Waals surface area contributed by atoms with Crippen LogP contribution >= 0.6 is 0 Å².